The Morgan fingerprint density at radius 2 is 2.11 bits per heavy atom. The number of hydrogen-bond donors (Lipinski definition) is 1. The molecular formula is C14H17NO4. The van der Waals surface area contributed by atoms with Gasteiger partial charge in [0.15, 0.2) is 6.04 Å². The number of cyclic esters (lactones) is 1. The van der Waals surface area contributed by atoms with Crippen LogP contribution in [0.4, 0.5) is 4.79 Å². The zero-order valence-electron chi connectivity index (χ0n) is 10.8. The van der Waals surface area contributed by atoms with E-state index in [1.165, 1.54) is 5.56 Å². The number of hydrogen-bond acceptors (Lipinski definition) is 4. The first-order valence-electron chi connectivity index (χ1n) is 6.34. The van der Waals surface area contributed by atoms with Crippen molar-refractivity contribution in [3.63, 3.8) is 0 Å². The summed E-state index contributed by atoms with van der Waals surface area (Å²) in [6.07, 6.45) is 0.767. The average Bonchev–Trinajstić information content (AvgIpc) is 2.42. The Hall–Kier alpha value is -2.04. The van der Waals surface area contributed by atoms with Gasteiger partial charge in [-0.05, 0) is 25.3 Å². The molecule has 0 radical (unpaired) electrons. The van der Waals surface area contributed by atoms with Crippen LogP contribution in [0.3, 0.4) is 0 Å². The SMILES string of the molecule is CC1OC(=O)C1NC(=O)OCCCc1ccccc1. The van der Waals surface area contributed by atoms with Crippen LogP contribution in [0.15, 0.2) is 30.3 Å². The molecule has 5 nitrogen and oxygen atoms in total. The lowest BCUT2D eigenvalue weighted by Gasteiger charge is -2.32. The first kappa shape index (κ1) is 13.4. The van der Waals surface area contributed by atoms with E-state index in [1.54, 1.807) is 6.92 Å². The highest BCUT2D eigenvalue weighted by Crippen LogP contribution is 2.13. The predicted octanol–water partition coefficient (Wildman–Crippen LogP) is 1.66. The monoisotopic (exact) mass is 263 g/mol. The van der Waals surface area contributed by atoms with E-state index >= 15 is 0 Å². The van der Waals surface area contributed by atoms with Crippen molar-refractivity contribution in [1.82, 2.24) is 5.32 Å². The van der Waals surface area contributed by atoms with Gasteiger partial charge in [-0.25, -0.2) is 9.59 Å². The lowest BCUT2D eigenvalue weighted by atomic mass is 10.1. The zero-order valence-corrected chi connectivity index (χ0v) is 10.8. The molecule has 1 aromatic carbocycles. The third kappa shape index (κ3) is 3.71. The molecule has 0 aliphatic carbocycles. The largest absolute Gasteiger partial charge is 0.458 e. The summed E-state index contributed by atoms with van der Waals surface area (Å²) in [6.45, 7) is 2.05. The molecule has 1 N–H and O–H groups in total. The second kappa shape index (κ2) is 6.22. The standard InChI is InChI=1S/C14H17NO4/c1-10-12(13(16)19-10)15-14(17)18-9-5-8-11-6-3-2-4-7-11/h2-4,6-7,10,12H,5,8-9H2,1H3,(H,15,17). The number of amides is 1. The predicted molar refractivity (Wildman–Crippen MR) is 68.6 cm³/mol. The Labute approximate surface area is 111 Å². The smallest absolute Gasteiger partial charge is 0.407 e. The van der Waals surface area contributed by atoms with E-state index in [2.05, 4.69) is 5.32 Å². The molecule has 0 spiro atoms. The number of carbonyl (C=O) groups is 2. The van der Waals surface area contributed by atoms with E-state index in [0.29, 0.717) is 6.61 Å². The molecule has 19 heavy (non-hydrogen) atoms. The van der Waals surface area contributed by atoms with Crippen LogP contribution in [0.2, 0.25) is 0 Å². The van der Waals surface area contributed by atoms with E-state index in [9.17, 15) is 9.59 Å². The van der Waals surface area contributed by atoms with Gasteiger partial charge in [0, 0.05) is 0 Å². The van der Waals surface area contributed by atoms with Crippen LogP contribution in [0.25, 0.3) is 0 Å². The Morgan fingerprint density at radius 1 is 1.37 bits per heavy atom. The fourth-order valence-electron chi connectivity index (χ4n) is 1.87. The first-order valence-corrected chi connectivity index (χ1v) is 6.34. The van der Waals surface area contributed by atoms with Crippen molar-refractivity contribution in [2.45, 2.75) is 31.9 Å². The molecule has 5 heteroatoms. The fourth-order valence-corrected chi connectivity index (χ4v) is 1.87. The summed E-state index contributed by atoms with van der Waals surface area (Å²) in [4.78, 5) is 22.4. The van der Waals surface area contributed by atoms with Gasteiger partial charge in [-0.2, -0.15) is 0 Å². The van der Waals surface area contributed by atoms with Crippen LogP contribution in [-0.4, -0.2) is 30.8 Å². The van der Waals surface area contributed by atoms with Crippen molar-refractivity contribution in [2.75, 3.05) is 6.61 Å². The zero-order chi connectivity index (χ0) is 13.7. The lowest BCUT2D eigenvalue weighted by Crippen LogP contribution is -2.58. The van der Waals surface area contributed by atoms with Crippen molar-refractivity contribution >= 4 is 12.1 Å². The number of alkyl carbamates (subject to hydrolysis) is 1. The highest BCUT2D eigenvalue weighted by Gasteiger charge is 2.40. The summed E-state index contributed by atoms with van der Waals surface area (Å²) in [5.74, 6) is -0.409. The molecule has 1 aromatic rings. The van der Waals surface area contributed by atoms with Crippen molar-refractivity contribution in [2.24, 2.45) is 0 Å². The van der Waals surface area contributed by atoms with Crippen molar-refractivity contribution in [1.29, 1.82) is 0 Å². The second-order valence-corrected chi connectivity index (χ2v) is 4.49. The molecule has 0 aromatic heterocycles. The third-order valence-electron chi connectivity index (χ3n) is 2.98. The molecule has 2 rings (SSSR count). The maximum absolute atomic E-state index is 11.4. The fraction of sp³-hybridized carbons (Fsp3) is 0.429. The highest BCUT2D eigenvalue weighted by atomic mass is 16.6. The number of esters is 1. The van der Waals surface area contributed by atoms with Crippen molar-refractivity contribution in [3.8, 4) is 0 Å². The van der Waals surface area contributed by atoms with Gasteiger partial charge in [-0.3, -0.25) is 0 Å². The van der Waals surface area contributed by atoms with Gasteiger partial charge in [0.1, 0.15) is 6.10 Å². The Kier molecular flexibility index (Phi) is 4.39. The maximum atomic E-state index is 11.4. The Morgan fingerprint density at radius 3 is 2.74 bits per heavy atom. The van der Waals surface area contributed by atoms with Crippen LogP contribution < -0.4 is 5.32 Å². The van der Waals surface area contributed by atoms with Crippen molar-refractivity contribution in [3.05, 3.63) is 35.9 Å². The van der Waals surface area contributed by atoms with Crippen LogP contribution in [0, 0.1) is 0 Å². The normalized spacial score (nSPS) is 21.2. The molecule has 1 aliphatic rings. The number of benzene rings is 1. The number of carbonyl (C=O) groups excluding carboxylic acids is 2. The molecule has 1 amide bonds. The highest BCUT2D eigenvalue weighted by molar-refractivity contribution is 5.86. The Balaban J connectivity index is 1.60. The van der Waals surface area contributed by atoms with Crippen molar-refractivity contribution < 1.29 is 19.1 Å². The summed E-state index contributed by atoms with van der Waals surface area (Å²) in [6, 6.07) is 9.42. The molecule has 1 heterocycles. The number of ether oxygens (including phenoxy) is 2. The minimum Gasteiger partial charge on any atom is -0.458 e. The van der Waals surface area contributed by atoms with Gasteiger partial charge in [0.25, 0.3) is 0 Å². The number of aryl methyl sites for hydroxylation is 1. The second-order valence-electron chi connectivity index (χ2n) is 4.49. The first-order chi connectivity index (χ1) is 9.16. The van der Waals surface area contributed by atoms with E-state index in [0.717, 1.165) is 12.8 Å². The van der Waals surface area contributed by atoms with Gasteiger partial charge in [0.2, 0.25) is 0 Å². The summed E-state index contributed by atoms with van der Waals surface area (Å²) >= 11 is 0. The molecule has 2 unspecified atom stereocenters. The lowest BCUT2D eigenvalue weighted by molar-refractivity contribution is -0.174. The van der Waals surface area contributed by atoms with Gasteiger partial charge in [-0.15, -0.1) is 0 Å². The molecule has 1 saturated heterocycles. The van der Waals surface area contributed by atoms with Gasteiger partial charge in [0.05, 0.1) is 6.61 Å². The topological polar surface area (TPSA) is 64.6 Å². The third-order valence-corrected chi connectivity index (χ3v) is 2.98. The summed E-state index contributed by atoms with van der Waals surface area (Å²) in [7, 11) is 0. The van der Waals surface area contributed by atoms with Crippen LogP contribution >= 0.6 is 0 Å². The molecule has 1 aliphatic heterocycles. The molecule has 2 atom stereocenters. The van der Waals surface area contributed by atoms with Gasteiger partial charge in [-0.1, -0.05) is 30.3 Å². The summed E-state index contributed by atoms with van der Waals surface area (Å²) in [5, 5.41) is 2.48. The van der Waals surface area contributed by atoms with Gasteiger partial charge >= 0.3 is 12.1 Å². The average molecular weight is 263 g/mol. The van der Waals surface area contributed by atoms with Gasteiger partial charge < -0.3 is 14.8 Å². The minimum atomic E-state index is -0.568. The van der Waals surface area contributed by atoms with E-state index in [4.69, 9.17) is 9.47 Å². The van der Waals surface area contributed by atoms with Crippen LogP contribution in [0.1, 0.15) is 18.9 Å². The maximum Gasteiger partial charge on any atom is 0.407 e. The summed E-state index contributed by atoms with van der Waals surface area (Å²) in [5.41, 5.74) is 1.21. The minimum absolute atomic E-state index is 0.274. The van der Waals surface area contributed by atoms with E-state index in [1.807, 2.05) is 30.3 Å². The van der Waals surface area contributed by atoms with Crippen LogP contribution in [-0.2, 0) is 20.7 Å². The Bertz CT molecular complexity index is 446. The van der Waals surface area contributed by atoms with Crippen LogP contribution in [0.5, 0.6) is 0 Å². The number of rotatable bonds is 5. The van der Waals surface area contributed by atoms with E-state index in [-0.39, 0.29) is 6.10 Å². The van der Waals surface area contributed by atoms with E-state index < -0.39 is 18.1 Å². The summed E-state index contributed by atoms with van der Waals surface area (Å²) < 4.78 is 9.74. The number of nitrogens with one attached hydrogen (secondary N) is 1. The molecule has 102 valence electrons. The molecule has 0 saturated carbocycles. The molecular weight excluding hydrogens is 246 g/mol. The molecule has 0 bridgehead atoms. The quantitative estimate of drug-likeness (QED) is 0.648. The molecule has 1 fully saturated rings.